The van der Waals surface area contributed by atoms with Crippen LogP contribution in [0.25, 0.3) is 0 Å². The first-order valence-electron chi connectivity index (χ1n) is 18.4. The van der Waals surface area contributed by atoms with E-state index in [2.05, 4.69) is 15.4 Å². The highest BCUT2D eigenvalue weighted by Crippen LogP contribution is 2.48. The minimum Gasteiger partial charge on any atom is -0.444 e. The van der Waals surface area contributed by atoms with Crippen molar-refractivity contribution in [3.63, 3.8) is 0 Å². The van der Waals surface area contributed by atoms with Gasteiger partial charge in [0.2, 0.25) is 27.8 Å². The number of rotatable bonds is 5. The third-order valence-electron chi connectivity index (χ3n) is 10.7. The number of nitrogens with one attached hydrogen (secondary N) is 3. The van der Waals surface area contributed by atoms with Crippen LogP contribution in [0.15, 0.2) is 24.3 Å². The molecular weight excluding hydrogens is 716 g/mol. The third kappa shape index (κ3) is 9.20. The van der Waals surface area contributed by atoms with E-state index in [9.17, 15) is 32.4 Å². The van der Waals surface area contributed by atoms with E-state index in [1.165, 1.54) is 4.90 Å². The van der Waals surface area contributed by atoms with Gasteiger partial charge in [0.25, 0.3) is 5.91 Å². The van der Waals surface area contributed by atoms with Crippen LogP contribution in [0.1, 0.15) is 96.1 Å². The molecule has 5 atom stereocenters. The molecule has 14 nitrogen and oxygen atoms in total. The maximum absolute atomic E-state index is 15.2. The van der Waals surface area contributed by atoms with E-state index in [4.69, 9.17) is 9.47 Å². The van der Waals surface area contributed by atoms with Gasteiger partial charge in [-0.25, -0.2) is 26.8 Å². The van der Waals surface area contributed by atoms with Crippen LogP contribution in [0.5, 0.6) is 0 Å². The molecule has 2 saturated heterocycles. The monoisotopic (exact) mass is 765 g/mol. The Morgan fingerprint density at radius 3 is 2.42 bits per heavy atom. The first-order chi connectivity index (χ1) is 24.9. The summed E-state index contributed by atoms with van der Waals surface area (Å²) in [6, 6.07) is 4.82. The summed E-state index contributed by atoms with van der Waals surface area (Å²) in [4.78, 5) is 71.0. The van der Waals surface area contributed by atoms with Crippen LogP contribution in [0.2, 0.25) is 0 Å². The normalized spacial score (nSPS) is 29.2. The molecule has 1 aromatic rings. The molecule has 1 aromatic carbocycles. The molecule has 292 valence electrons. The lowest BCUT2D eigenvalue weighted by molar-refractivity contribution is -0.141. The molecule has 3 aliphatic heterocycles. The second-order valence-corrected chi connectivity index (χ2v) is 18.0. The Balaban J connectivity index is 1.27. The summed E-state index contributed by atoms with van der Waals surface area (Å²) in [5, 5.41) is 4.45. The first kappa shape index (κ1) is 38.7. The lowest BCUT2D eigenvalue weighted by Crippen LogP contribution is -2.58. The molecular formula is C36H49F2N5O9S. The minimum atomic E-state index is -3.98. The highest BCUT2D eigenvalue weighted by Gasteiger charge is 2.62. The number of halogens is 2. The van der Waals surface area contributed by atoms with Crippen molar-refractivity contribution in [3.8, 4) is 0 Å². The van der Waals surface area contributed by atoms with Gasteiger partial charge in [-0.05, 0) is 82.8 Å². The van der Waals surface area contributed by atoms with E-state index in [1.807, 2.05) is 24.3 Å². The first-order valence-corrected chi connectivity index (χ1v) is 20.0. The molecule has 0 radical (unpaired) electrons. The zero-order valence-electron chi connectivity index (χ0n) is 30.3. The molecule has 4 fully saturated rings. The average molecular weight is 766 g/mol. The van der Waals surface area contributed by atoms with E-state index >= 15 is 8.78 Å². The average Bonchev–Trinajstić information content (AvgIpc) is 4.00. The van der Waals surface area contributed by atoms with Gasteiger partial charge in [-0.3, -0.25) is 19.1 Å². The highest BCUT2D eigenvalue weighted by atomic mass is 32.2. The standard InChI is InChI=1S/C36H49F2N5O9S/c1-34(2,3)52-32(47)39-27-13-16-35(37,38)15-7-6-10-24-19-36(24,31(46)41-53(49,50)26-11-12-26)40-29(44)28-18-25(21-43(28)30(27)45)51-33(48)42-17-14-22-8-4-5-9-23(22)20-42/h4-5,8-9,24-28H,6-7,10-21H2,1-3H3,(H,39,47)(H,40,44)(H,41,46)/t24-,25-,27+,28+,36-/m1/s1. The number of ether oxygens (including phenoxy) is 2. The van der Waals surface area contributed by atoms with E-state index in [1.54, 1.807) is 20.8 Å². The number of carbonyl (C=O) groups is 5. The lowest BCUT2D eigenvalue weighted by atomic mass is 10.00. The SMILES string of the molecule is CC(C)(C)OC(=O)N[C@H]1CCC(F)(F)CCCC[C@@H]2C[C@@]2(C(=O)NS(=O)(=O)C2CC2)NC(=O)[C@@H]2C[C@@H](OC(=O)N3CCc4ccccc4C3)CN2C1=O. The maximum atomic E-state index is 15.2. The summed E-state index contributed by atoms with van der Waals surface area (Å²) >= 11 is 0. The molecule has 3 N–H and O–H groups in total. The van der Waals surface area contributed by atoms with E-state index in [-0.39, 0.29) is 38.6 Å². The van der Waals surface area contributed by atoms with Crippen molar-refractivity contribution in [1.29, 1.82) is 0 Å². The van der Waals surface area contributed by atoms with Crippen molar-refractivity contribution in [3.05, 3.63) is 35.4 Å². The van der Waals surface area contributed by atoms with Crippen LogP contribution in [-0.2, 0) is 46.8 Å². The summed E-state index contributed by atoms with van der Waals surface area (Å²) in [7, 11) is -3.98. The molecule has 53 heavy (non-hydrogen) atoms. The number of benzene rings is 1. The van der Waals surface area contributed by atoms with Gasteiger partial charge >= 0.3 is 12.2 Å². The molecule has 5 aliphatic rings. The van der Waals surface area contributed by atoms with Crippen LogP contribution in [0.3, 0.4) is 0 Å². The van der Waals surface area contributed by atoms with E-state index in [0.717, 1.165) is 16.0 Å². The Hall–Kier alpha value is -4.02. The Labute approximate surface area is 308 Å². The number of carbonyl (C=O) groups excluding carboxylic acids is 5. The number of fused-ring (bicyclic) bond motifs is 3. The van der Waals surface area contributed by atoms with E-state index < -0.39 is 106 Å². The van der Waals surface area contributed by atoms with Gasteiger partial charge in [0.05, 0.1) is 11.8 Å². The molecule has 0 bridgehead atoms. The smallest absolute Gasteiger partial charge is 0.410 e. The molecule has 5 amide bonds. The summed E-state index contributed by atoms with van der Waals surface area (Å²) in [6.07, 6.45) is -2.45. The fourth-order valence-corrected chi connectivity index (χ4v) is 8.92. The van der Waals surface area contributed by atoms with Gasteiger partial charge in [0.15, 0.2) is 0 Å². The topological polar surface area (TPSA) is 181 Å². The van der Waals surface area contributed by atoms with Gasteiger partial charge in [0.1, 0.15) is 29.3 Å². The minimum absolute atomic E-state index is 0.0814. The third-order valence-corrected chi connectivity index (χ3v) is 12.5. The molecule has 3 heterocycles. The summed E-state index contributed by atoms with van der Waals surface area (Å²) in [6.45, 7) is 5.20. The molecule has 0 aromatic heterocycles. The van der Waals surface area contributed by atoms with Crippen molar-refractivity contribution >= 4 is 39.9 Å². The van der Waals surface area contributed by atoms with Crippen molar-refractivity contribution in [2.75, 3.05) is 13.1 Å². The number of amides is 5. The number of nitrogens with zero attached hydrogens (tertiary/aromatic N) is 2. The predicted molar refractivity (Wildman–Crippen MR) is 186 cm³/mol. The maximum Gasteiger partial charge on any atom is 0.410 e. The van der Waals surface area contributed by atoms with Gasteiger partial charge < -0.3 is 29.9 Å². The van der Waals surface area contributed by atoms with E-state index in [0.29, 0.717) is 32.4 Å². The number of hydrogen-bond acceptors (Lipinski definition) is 9. The predicted octanol–water partition coefficient (Wildman–Crippen LogP) is 3.52. The second-order valence-electron chi connectivity index (χ2n) is 16.1. The Bertz CT molecular complexity index is 1730. The van der Waals surface area contributed by atoms with Crippen LogP contribution < -0.4 is 15.4 Å². The number of sulfonamides is 1. The van der Waals surface area contributed by atoms with Crippen molar-refractivity contribution in [2.45, 2.75) is 138 Å². The zero-order chi connectivity index (χ0) is 38.3. The fourth-order valence-electron chi connectivity index (χ4n) is 7.56. The Morgan fingerprint density at radius 1 is 1.00 bits per heavy atom. The van der Waals surface area contributed by atoms with Crippen molar-refractivity contribution in [1.82, 2.24) is 25.2 Å². The molecule has 0 spiro atoms. The quantitative estimate of drug-likeness (QED) is 0.405. The van der Waals surface area contributed by atoms with Crippen molar-refractivity contribution in [2.24, 2.45) is 5.92 Å². The number of alkyl halides is 2. The summed E-state index contributed by atoms with van der Waals surface area (Å²) in [5.74, 6) is -6.29. The van der Waals surface area contributed by atoms with Gasteiger partial charge in [-0.1, -0.05) is 30.7 Å². The second kappa shape index (κ2) is 14.7. The molecule has 6 rings (SSSR count). The van der Waals surface area contributed by atoms with Gasteiger partial charge in [-0.2, -0.15) is 0 Å². The Kier molecular flexibility index (Phi) is 10.7. The summed E-state index contributed by atoms with van der Waals surface area (Å²) in [5.41, 5.74) is -0.533. The van der Waals surface area contributed by atoms with Crippen molar-refractivity contribution < 1.29 is 50.6 Å². The van der Waals surface area contributed by atoms with Crippen LogP contribution in [0.4, 0.5) is 18.4 Å². The van der Waals surface area contributed by atoms with Crippen LogP contribution in [0, 0.1) is 5.92 Å². The van der Waals surface area contributed by atoms with Gasteiger partial charge in [-0.15, -0.1) is 0 Å². The van der Waals surface area contributed by atoms with Gasteiger partial charge in [0, 0.05) is 32.4 Å². The fraction of sp³-hybridized carbons (Fsp3) is 0.694. The highest BCUT2D eigenvalue weighted by molar-refractivity contribution is 7.91. The molecule has 2 saturated carbocycles. The Morgan fingerprint density at radius 2 is 1.72 bits per heavy atom. The van der Waals surface area contributed by atoms with Crippen LogP contribution >= 0.6 is 0 Å². The summed E-state index contributed by atoms with van der Waals surface area (Å²) < 4.78 is 69.3. The molecule has 2 aliphatic carbocycles. The van der Waals surface area contributed by atoms with Crippen LogP contribution in [-0.4, -0.2) is 102 Å². The lowest BCUT2D eigenvalue weighted by Gasteiger charge is -2.31. The number of hydrogen-bond donors (Lipinski definition) is 3. The zero-order valence-corrected chi connectivity index (χ0v) is 31.1. The number of alkyl carbamates (subject to hydrolysis) is 1. The molecule has 17 heteroatoms. The largest absolute Gasteiger partial charge is 0.444 e. The molecule has 0 unspecified atom stereocenters.